The van der Waals surface area contributed by atoms with Crippen molar-refractivity contribution in [2.45, 2.75) is 20.3 Å². The van der Waals surface area contributed by atoms with Crippen LogP contribution >= 0.6 is 0 Å². The van der Waals surface area contributed by atoms with Crippen LogP contribution in [0.2, 0.25) is 0 Å². The fourth-order valence-corrected chi connectivity index (χ4v) is 2.14. The molecule has 0 spiro atoms. The van der Waals surface area contributed by atoms with E-state index < -0.39 is 0 Å². The molecule has 3 rings (SSSR count). The van der Waals surface area contributed by atoms with Crippen LogP contribution in [0.25, 0.3) is 22.6 Å². The van der Waals surface area contributed by atoms with Crippen LogP contribution in [0.15, 0.2) is 40.8 Å². The number of rotatable bonds is 2. The summed E-state index contributed by atoms with van der Waals surface area (Å²) < 4.78 is 5.79. The first kappa shape index (κ1) is 11.8. The number of benzene rings is 2. The van der Waals surface area contributed by atoms with Crippen molar-refractivity contribution < 1.29 is 4.42 Å². The molecule has 19 heavy (non-hydrogen) atoms. The van der Waals surface area contributed by atoms with E-state index in [0.717, 1.165) is 17.5 Å². The summed E-state index contributed by atoms with van der Waals surface area (Å²) in [6.07, 6.45) is 0.937. The second-order valence-electron chi connectivity index (χ2n) is 4.77. The quantitative estimate of drug-likeness (QED) is 0.702. The third-order valence-electron chi connectivity index (χ3n) is 3.29. The minimum absolute atomic E-state index is 0.620. The number of hydrogen-bond donors (Lipinski definition) is 1. The maximum atomic E-state index is 6.01. The van der Waals surface area contributed by atoms with Crippen molar-refractivity contribution in [1.82, 2.24) is 4.98 Å². The SMILES string of the molecule is CCc1cc(N)c2oc(-c3ccc(C)cc3)nc2c1. The van der Waals surface area contributed by atoms with E-state index in [4.69, 9.17) is 10.2 Å². The highest BCUT2D eigenvalue weighted by molar-refractivity contribution is 5.87. The van der Waals surface area contributed by atoms with Crippen molar-refractivity contribution in [3.63, 3.8) is 0 Å². The average Bonchev–Trinajstić information content (AvgIpc) is 2.84. The highest BCUT2D eigenvalue weighted by Crippen LogP contribution is 2.29. The number of oxazole rings is 1. The summed E-state index contributed by atoms with van der Waals surface area (Å²) in [5, 5.41) is 0. The zero-order valence-corrected chi connectivity index (χ0v) is 11.1. The molecule has 2 aromatic carbocycles. The number of anilines is 1. The predicted molar refractivity (Wildman–Crippen MR) is 78.0 cm³/mol. The lowest BCUT2D eigenvalue weighted by atomic mass is 10.1. The molecule has 0 aliphatic carbocycles. The summed E-state index contributed by atoms with van der Waals surface area (Å²) in [4.78, 5) is 4.54. The van der Waals surface area contributed by atoms with Gasteiger partial charge >= 0.3 is 0 Å². The highest BCUT2D eigenvalue weighted by Gasteiger charge is 2.11. The molecule has 0 saturated heterocycles. The van der Waals surface area contributed by atoms with E-state index in [-0.39, 0.29) is 0 Å². The summed E-state index contributed by atoms with van der Waals surface area (Å²) in [6.45, 7) is 4.16. The first-order chi connectivity index (χ1) is 9.17. The second kappa shape index (κ2) is 4.43. The molecule has 96 valence electrons. The van der Waals surface area contributed by atoms with E-state index in [1.807, 2.05) is 36.4 Å². The Balaban J connectivity index is 2.16. The molecule has 0 saturated carbocycles. The van der Waals surface area contributed by atoms with Crippen LogP contribution in [0.5, 0.6) is 0 Å². The molecule has 1 aromatic heterocycles. The van der Waals surface area contributed by atoms with Crippen molar-refractivity contribution in [2.24, 2.45) is 0 Å². The Kier molecular flexibility index (Phi) is 2.75. The molecular formula is C16H16N2O. The van der Waals surface area contributed by atoms with Crippen LogP contribution in [0.1, 0.15) is 18.1 Å². The lowest BCUT2D eigenvalue weighted by molar-refractivity contribution is 0.621. The van der Waals surface area contributed by atoms with E-state index in [2.05, 4.69) is 18.8 Å². The molecule has 0 aliphatic rings. The molecule has 3 aromatic rings. The minimum atomic E-state index is 0.620. The van der Waals surface area contributed by atoms with Gasteiger partial charge in [0, 0.05) is 5.56 Å². The van der Waals surface area contributed by atoms with Crippen LogP contribution in [0.3, 0.4) is 0 Å². The van der Waals surface area contributed by atoms with Gasteiger partial charge in [0.2, 0.25) is 5.89 Å². The first-order valence-corrected chi connectivity index (χ1v) is 6.43. The van der Waals surface area contributed by atoms with Gasteiger partial charge in [0.25, 0.3) is 0 Å². The van der Waals surface area contributed by atoms with E-state index in [1.165, 1.54) is 11.1 Å². The Hall–Kier alpha value is -2.29. The number of nitrogen functional groups attached to an aromatic ring is 1. The molecule has 3 nitrogen and oxygen atoms in total. The van der Waals surface area contributed by atoms with Crippen molar-refractivity contribution in [3.05, 3.63) is 47.5 Å². The fraction of sp³-hybridized carbons (Fsp3) is 0.188. The third kappa shape index (κ3) is 2.08. The third-order valence-corrected chi connectivity index (χ3v) is 3.29. The van der Waals surface area contributed by atoms with Crippen molar-refractivity contribution in [2.75, 3.05) is 5.73 Å². The lowest BCUT2D eigenvalue weighted by Crippen LogP contribution is -1.88. The Morgan fingerprint density at radius 2 is 1.89 bits per heavy atom. The van der Waals surface area contributed by atoms with E-state index in [9.17, 15) is 0 Å². The fourth-order valence-electron chi connectivity index (χ4n) is 2.14. The van der Waals surface area contributed by atoms with Crippen LogP contribution in [0.4, 0.5) is 5.69 Å². The van der Waals surface area contributed by atoms with Crippen LogP contribution in [-0.2, 0) is 6.42 Å². The molecule has 0 bridgehead atoms. The Labute approximate surface area is 112 Å². The Morgan fingerprint density at radius 1 is 1.16 bits per heavy atom. The topological polar surface area (TPSA) is 52.0 Å². The van der Waals surface area contributed by atoms with E-state index in [0.29, 0.717) is 17.2 Å². The number of nitrogens with zero attached hydrogens (tertiary/aromatic N) is 1. The van der Waals surface area contributed by atoms with E-state index in [1.54, 1.807) is 0 Å². The smallest absolute Gasteiger partial charge is 0.227 e. The molecule has 0 fully saturated rings. The number of hydrogen-bond acceptors (Lipinski definition) is 3. The first-order valence-electron chi connectivity index (χ1n) is 6.43. The summed E-state index contributed by atoms with van der Waals surface area (Å²) >= 11 is 0. The Bertz CT molecular complexity index is 726. The summed E-state index contributed by atoms with van der Waals surface area (Å²) in [5.41, 5.74) is 11.5. The van der Waals surface area contributed by atoms with Gasteiger partial charge in [0.15, 0.2) is 5.58 Å². The van der Waals surface area contributed by atoms with Gasteiger partial charge in [-0.05, 0) is 43.2 Å². The standard InChI is InChI=1S/C16H16N2O/c1-3-11-8-13(17)15-14(9-11)18-16(19-15)12-6-4-10(2)5-7-12/h4-9H,3,17H2,1-2H3. The molecule has 0 atom stereocenters. The van der Waals surface area contributed by atoms with Crippen LogP contribution in [0, 0.1) is 6.92 Å². The van der Waals surface area contributed by atoms with Gasteiger partial charge in [-0.25, -0.2) is 4.98 Å². The predicted octanol–water partition coefficient (Wildman–Crippen LogP) is 3.95. The average molecular weight is 252 g/mol. The highest BCUT2D eigenvalue weighted by atomic mass is 16.3. The molecule has 0 radical (unpaired) electrons. The number of aryl methyl sites for hydroxylation is 2. The zero-order valence-electron chi connectivity index (χ0n) is 11.1. The van der Waals surface area contributed by atoms with Gasteiger partial charge in [0.1, 0.15) is 5.52 Å². The molecular weight excluding hydrogens is 236 g/mol. The molecule has 1 heterocycles. The van der Waals surface area contributed by atoms with Gasteiger partial charge in [-0.2, -0.15) is 0 Å². The molecule has 2 N–H and O–H groups in total. The zero-order chi connectivity index (χ0) is 13.4. The summed E-state index contributed by atoms with van der Waals surface area (Å²) in [5.74, 6) is 0.620. The second-order valence-corrected chi connectivity index (χ2v) is 4.77. The van der Waals surface area contributed by atoms with Gasteiger partial charge in [-0.1, -0.05) is 24.6 Å². The number of fused-ring (bicyclic) bond motifs is 1. The number of nitrogens with two attached hydrogens (primary N) is 1. The maximum absolute atomic E-state index is 6.01. The van der Waals surface area contributed by atoms with Crippen molar-refractivity contribution in [3.8, 4) is 11.5 Å². The largest absolute Gasteiger partial charge is 0.434 e. The molecule has 0 aliphatic heterocycles. The van der Waals surface area contributed by atoms with Crippen LogP contribution in [-0.4, -0.2) is 4.98 Å². The normalized spacial score (nSPS) is 11.1. The summed E-state index contributed by atoms with van der Waals surface area (Å²) in [6, 6.07) is 12.1. The van der Waals surface area contributed by atoms with E-state index >= 15 is 0 Å². The molecule has 0 unspecified atom stereocenters. The monoisotopic (exact) mass is 252 g/mol. The molecule has 0 amide bonds. The van der Waals surface area contributed by atoms with Gasteiger partial charge in [0.05, 0.1) is 5.69 Å². The van der Waals surface area contributed by atoms with Crippen LogP contribution < -0.4 is 5.73 Å². The van der Waals surface area contributed by atoms with Gasteiger partial charge in [-0.3, -0.25) is 0 Å². The Morgan fingerprint density at radius 3 is 2.58 bits per heavy atom. The van der Waals surface area contributed by atoms with Crippen molar-refractivity contribution >= 4 is 16.8 Å². The van der Waals surface area contributed by atoms with Crippen molar-refractivity contribution in [1.29, 1.82) is 0 Å². The number of aromatic nitrogens is 1. The lowest BCUT2D eigenvalue weighted by Gasteiger charge is -1.98. The summed E-state index contributed by atoms with van der Waals surface area (Å²) in [7, 11) is 0. The minimum Gasteiger partial charge on any atom is -0.434 e. The van der Waals surface area contributed by atoms with Gasteiger partial charge < -0.3 is 10.2 Å². The molecule has 3 heteroatoms. The van der Waals surface area contributed by atoms with Gasteiger partial charge in [-0.15, -0.1) is 0 Å². The maximum Gasteiger partial charge on any atom is 0.227 e.